The van der Waals surface area contributed by atoms with Crippen LogP contribution in [-0.4, -0.2) is 28.5 Å². The summed E-state index contributed by atoms with van der Waals surface area (Å²) >= 11 is 0. The van der Waals surface area contributed by atoms with Crippen LogP contribution in [-0.2, 0) is 16.0 Å². The van der Waals surface area contributed by atoms with Gasteiger partial charge in [0.25, 0.3) is 0 Å². The predicted octanol–water partition coefficient (Wildman–Crippen LogP) is 2.83. The van der Waals surface area contributed by atoms with Gasteiger partial charge in [0.15, 0.2) is 0 Å². The van der Waals surface area contributed by atoms with Crippen LogP contribution in [0.2, 0.25) is 0 Å². The Morgan fingerprint density at radius 2 is 2.17 bits per heavy atom. The zero-order chi connectivity index (χ0) is 16.8. The summed E-state index contributed by atoms with van der Waals surface area (Å²) in [6, 6.07) is 8.24. The van der Waals surface area contributed by atoms with E-state index in [1.54, 1.807) is 5.48 Å². The monoisotopic (exact) mass is 318 g/mol. The number of amides is 2. The van der Waals surface area contributed by atoms with Crippen molar-refractivity contribution in [2.75, 3.05) is 6.54 Å². The largest absolute Gasteiger partial charge is 0.336 e. The van der Waals surface area contributed by atoms with Crippen LogP contribution in [0.4, 0.5) is 0 Å². The van der Waals surface area contributed by atoms with Crippen molar-refractivity contribution in [1.82, 2.24) is 10.4 Å². The third kappa shape index (κ3) is 4.79. The number of nitrogens with one attached hydrogen (secondary N) is 1. The van der Waals surface area contributed by atoms with Gasteiger partial charge in [-0.25, -0.2) is 5.48 Å². The van der Waals surface area contributed by atoms with E-state index in [-0.39, 0.29) is 24.3 Å². The zero-order valence-corrected chi connectivity index (χ0v) is 13.9. The van der Waals surface area contributed by atoms with E-state index in [0.29, 0.717) is 18.8 Å². The molecule has 1 aromatic carbocycles. The number of hydrogen-bond donors (Lipinski definition) is 2. The van der Waals surface area contributed by atoms with Crippen LogP contribution in [0.1, 0.15) is 56.7 Å². The van der Waals surface area contributed by atoms with Crippen molar-refractivity contribution in [3.8, 4) is 0 Å². The van der Waals surface area contributed by atoms with E-state index in [9.17, 15) is 9.59 Å². The Morgan fingerprint density at radius 3 is 2.87 bits per heavy atom. The molecular formula is C18H26N2O3. The van der Waals surface area contributed by atoms with E-state index in [1.165, 1.54) is 0 Å². The second-order valence-corrected chi connectivity index (χ2v) is 6.62. The standard InChI is InChI=1S/C18H26N2O3/c1-13(2)11-18(22)20-10-4-7-16(20)15-6-3-5-14(12-15)8-9-17(21)19-23/h3,5-6,12-13,16,23H,4,7-11H2,1-2H3,(H,19,21). The molecule has 0 spiro atoms. The maximum absolute atomic E-state index is 12.4. The SMILES string of the molecule is CC(C)CC(=O)N1CCCC1c1cccc(CCC(=O)NO)c1. The molecule has 0 saturated carbocycles. The van der Waals surface area contributed by atoms with Crippen LogP contribution in [0.3, 0.4) is 0 Å². The third-order valence-corrected chi connectivity index (χ3v) is 4.26. The van der Waals surface area contributed by atoms with Crippen LogP contribution < -0.4 is 5.48 Å². The lowest BCUT2D eigenvalue weighted by Gasteiger charge is -2.26. The normalized spacial score (nSPS) is 17.6. The lowest BCUT2D eigenvalue weighted by molar-refractivity contribution is -0.133. The summed E-state index contributed by atoms with van der Waals surface area (Å²) in [7, 11) is 0. The maximum Gasteiger partial charge on any atom is 0.243 e. The number of hydrogen-bond acceptors (Lipinski definition) is 3. The highest BCUT2D eigenvalue weighted by molar-refractivity contribution is 5.77. The van der Waals surface area contributed by atoms with Gasteiger partial charge in [-0.1, -0.05) is 38.1 Å². The number of rotatable bonds is 6. The second kappa shape index (κ2) is 8.11. The van der Waals surface area contributed by atoms with Gasteiger partial charge < -0.3 is 4.90 Å². The molecule has 1 heterocycles. The van der Waals surface area contributed by atoms with Crippen molar-refractivity contribution < 1.29 is 14.8 Å². The average molecular weight is 318 g/mol. The second-order valence-electron chi connectivity index (χ2n) is 6.62. The molecule has 5 heteroatoms. The molecule has 1 atom stereocenters. The summed E-state index contributed by atoms with van der Waals surface area (Å²) in [5.74, 6) is 0.213. The van der Waals surface area contributed by atoms with Gasteiger partial charge in [0.2, 0.25) is 11.8 Å². The molecule has 5 nitrogen and oxygen atoms in total. The van der Waals surface area contributed by atoms with E-state index in [2.05, 4.69) is 26.0 Å². The number of nitrogens with zero attached hydrogens (tertiary/aromatic N) is 1. The molecule has 1 saturated heterocycles. The third-order valence-electron chi connectivity index (χ3n) is 4.26. The number of aryl methyl sites for hydroxylation is 1. The first kappa shape index (κ1) is 17.5. The number of hydroxylamine groups is 1. The molecule has 1 aliphatic rings. The molecule has 1 aliphatic heterocycles. The Morgan fingerprint density at radius 1 is 1.39 bits per heavy atom. The predicted molar refractivity (Wildman–Crippen MR) is 87.8 cm³/mol. The quantitative estimate of drug-likeness (QED) is 0.626. The summed E-state index contributed by atoms with van der Waals surface area (Å²) in [6.45, 7) is 4.96. The summed E-state index contributed by atoms with van der Waals surface area (Å²) < 4.78 is 0. The van der Waals surface area contributed by atoms with Gasteiger partial charge in [-0.3, -0.25) is 14.8 Å². The minimum atomic E-state index is -0.384. The number of benzene rings is 1. The minimum absolute atomic E-state index is 0.146. The topological polar surface area (TPSA) is 69.6 Å². The van der Waals surface area contributed by atoms with Crippen molar-refractivity contribution in [2.24, 2.45) is 5.92 Å². The van der Waals surface area contributed by atoms with Gasteiger partial charge in [-0.05, 0) is 36.3 Å². The Labute approximate surface area is 137 Å². The zero-order valence-electron chi connectivity index (χ0n) is 13.9. The Balaban J connectivity index is 2.07. The van der Waals surface area contributed by atoms with E-state index in [0.717, 1.165) is 30.5 Å². The first-order chi connectivity index (χ1) is 11.0. The highest BCUT2D eigenvalue weighted by atomic mass is 16.5. The molecular weight excluding hydrogens is 292 g/mol. The molecule has 23 heavy (non-hydrogen) atoms. The van der Waals surface area contributed by atoms with Crippen LogP contribution in [0.5, 0.6) is 0 Å². The Hall–Kier alpha value is -1.88. The summed E-state index contributed by atoms with van der Waals surface area (Å²) in [6.07, 6.45) is 3.44. The maximum atomic E-state index is 12.4. The lowest BCUT2D eigenvalue weighted by Crippen LogP contribution is -2.31. The van der Waals surface area contributed by atoms with Gasteiger partial charge in [-0.15, -0.1) is 0 Å². The minimum Gasteiger partial charge on any atom is -0.336 e. The fourth-order valence-corrected chi connectivity index (χ4v) is 3.15. The summed E-state index contributed by atoms with van der Waals surface area (Å²) in [5, 5.41) is 8.56. The molecule has 1 unspecified atom stereocenters. The lowest BCUT2D eigenvalue weighted by atomic mass is 9.99. The Kier molecular flexibility index (Phi) is 6.16. The molecule has 2 N–H and O–H groups in total. The molecule has 1 aromatic rings. The fraction of sp³-hybridized carbons (Fsp3) is 0.556. The molecule has 0 aliphatic carbocycles. The van der Waals surface area contributed by atoms with E-state index in [4.69, 9.17) is 5.21 Å². The van der Waals surface area contributed by atoms with E-state index < -0.39 is 0 Å². The first-order valence-corrected chi connectivity index (χ1v) is 8.32. The first-order valence-electron chi connectivity index (χ1n) is 8.32. The molecule has 0 aromatic heterocycles. The Bertz CT molecular complexity index is 557. The van der Waals surface area contributed by atoms with Crippen molar-refractivity contribution >= 4 is 11.8 Å². The van der Waals surface area contributed by atoms with E-state index >= 15 is 0 Å². The number of carbonyl (C=O) groups excluding carboxylic acids is 2. The van der Waals surface area contributed by atoms with Crippen LogP contribution >= 0.6 is 0 Å². The van der Waals surface area contributed by atoms with Crippen LogP contribution in [0, 0.1) is 5.92 Å². The highest BCUT2D eigenvalue weighted by Gasteiger charge is 2.29. The molecule has 2 amide bonds. The van der Waals surface area contributed by atoms with Crippen LogP contribution in [0.25, 0.3) is 0 Å². The van der Waals surface area contributed by atoms with Crippen LogP contribution in [0.15, 0.2) is 24.3 Å². The molecule has 2 rings (SSSR count). The molecule has 0 radical (unpaired) electrons. The summed E-state index contributed by atoms with van der Waals surface area (Å²) in [5.41, 5.74) is 3.84. The smallest absolute Gasteiger partial charge is 0.243 e. The van der Waals surface area contributed by atoms with Gasteiger partial charge >= 0.3 is 0 Å². The van der Waals surface area contributed by atoms with Crippen molar-refractivity contribution in [3.05, 3.63) is 35.4 Å². The fourth-order valence-electron chi connectivity index (χ4n) is 3.15. The number of likely N-dealkylation sites (tertiary alicyclic amines) is 1. The van der Waals surface area contributed by atoms with Gasteiger partial charge in [0, 0.05) is 19.4 Å². The van der Waals surface area contributed by atoms with Crippen molar-refractivity contribution in [1.29, 1.82) is 0 Å². The average Bonchev–Trinajstić information content (AvgIpc) is 3.02. The van der Waals surface area contributed by atoms with Gasteiger partial charge in [0.1, 0.15) is 0 Å². The van der Waals surface area contributed by atoms with Gasteiger partial charge in [-0.2, -0.15) is 0 Å². The van der Waals surface area contributed by atoms with E-state index in [1.807, 2.05) is 17.0 Å². The summed E-state index contributed by atoms with van der Waals surface area (Å²) in [4.78, 5) is 25.6. The highest BCUT2D eigenvalue weighted by Crippen LogP contribution is 2.33. The molecule has 1 fully saturated rings. The number of carbonyl (C=O) groups is 2. The molecule has 126 valence electrons. The molecule has 0 bridgehead atoms. The van der Waals surface area contributed by atoms with Gasteiger partial charge in [0.05, 0.1) is 6.04 Å². The van der Waals surface area contributed by atoms with Crippen molar-refractivity contribution in [2.45, 2.75) is 52.0 Å². The van der Waals surface area contributed by atoms with Crippen molar-refractivity contribution in [3.63, 3.8) is 0 Å².